The summed E-state index contributed by atoms with van der Waals surface area (Å²) in [5, 5.41) is 12.4. The fourth-order valence-electron chi connectivity index (χ4n) is 3.69. The monoisotopic (exact) mass is 381 g/mol. The fourth-order valence-corrected chi connectivity index (χ4v) is 3.69. The number of hydrogen-bond donors (Lipinski definition) is 3. The van der Waals surface area contributed by atoms with E-state index < -0.39 is 22.8 Å². The smallest absolute Gasteiger partial charge is 0.341 e. The van der Waals surface area contributed by atoms with Gasteiger partial charge in [-0.15, -0.1) is 0 Å². The number of anilines is 2. The van der Waals surface area contributed by atoms with Crippen LogP contribution in [0.25, 0.3) is 10.9 Å². The third kappa shape index (κ3) is 2.89. The third-order valence-electron chi connectivity index (χ3n) is 5.28. The minimum absolute atomic E-state index is 0.0776. The van der Waals surface area contributed by atoms with Crippen molar-refractivity contribution in [2.45, 2.75) is 31.8 Å². The number of halogens is 1. The number of carbonyl (C=O) groups is 1. The van der Waals surface area contributed by atoms with Gasteiger partial charge in [0.1, 0.15) is 5.56 Å². The highest BCUT2D eigenvalue weighted by atomic mass is 19.1. The van der Waals surface area contributed by atoms with Gasteiger partial charge < -0.3 is 20.7 Å². The van der Waals surface area contributed by atoms with Gasteiger partial charge in [-0.05, 0) is 25.0 Å². The second-order valence-electron chi connectivity index (χ2n) is 7.01. The SMILES string of the molecule is CCn1cc(C(=O)O)c(=O)c2c(N)c(F)c(N[C@@H]3C[C@H]3c3ccccc3)cc21. The molecular formula is C21H20FN3O3. The molecule has 28 heavy (non-hydrogen) atoms. The van der Waals surface area contributed by atoms with Crippen LogP contribution in [-0.2, 0) is 6.54 Å². The van der Waals surface area contributed by atoms with E-state index in [1.54, 1.807) is 4.57 Å². The summed E-state index contributed by atoms with van der Waals surface area (Å²) in [6.07, 6.45) is 2.15. The minimum atomic E-state index is -1.36. The van der Waals surface area contributed by atoms with Crippen molar-refractivity contribution in [2.24, 2.45) is 0 Å². The molecule has 2 atom stereocenters. The molecule has 1 saturated carbocycles. The normalized spacial score (nSPS) is 18.2. The first kappa shape index (κ1) is 18.0. The van der Waals surface area contributed by atoms with E-state index in [-0.39, 0.29) is 22.8 Å². The van der Waals surface area contributed by atoms with Gasteiger partial charge in [0.05, 0.1) is 22.3 Å². The lowest BCUT2D eigenvalue weighted by Crippen LogP contribution is -2.21. The van der Waals surface area contributed by atoms with Crippen LogP contribution in [0.5, 0.6) is 0 Å². The Bertz CT molecular complexity index is 1140. The summed E-state index contributed by atoms with van der Waals surface area (Å²) >= 11 is 0. The van der Waals surface area contributed by atoms with Gasteiger partial charge in [-0.2, -0.15) is 0 Å². The lowest BCUT2D eigenvalue weighted by Gasteiger charge is -2.16. The zero-order valence-corrected chi connectivity index (χ0v) is 15.3. The van der Waals surface area contributed by atoms with Crippen LogP contribution in [0.3, 0.4) is 0 Å². The van der Waals surface area contributed by atoms with Crippen LogP contribution >= 0.6 is 0 Å². The highest BCUT2D eigenvalue weighted by Gasteiger charge is 2.39. The van der Waals surface area contributed by atoms with Crippen molar-refractivity contribution in [2.75, 3.05) is 11.1 Å². The molecule has 1 fully saturated rings. The van der Waals surface area contributed by atoms with Crippen LogP contribution in [0.1, 0.15) is 35.2 Å². The zero-order chi connectivity index (χ0) is 20.0. The quantitative estimate of drug-likeness (QED) is 0.589. The predicted octanol–water partition coefficient (Wildman–Crippen LogP) is 3.41. The van der Waals surface area contributed by atoms with Gasteiger partial charge in [-0.1, -0.05) is 30.3 Å². The average Bonchev–Trinajstić information content (AvgIpc) is 3.45. The largest absolute Gasteiger partial charge is 0.477 e. The average molecular weight is 381 g/mol. The maximum atomic E-state index is 14.9. The molecule has 0 radical (unpaired) electrons. The lowest BCUT2D eigenvalue weighted by atomic mass is 10.1. The number of nitrogens with zero attached hydrogens (tertiary/aromatic N) is 1. The van der Waals surface area contributed by atoms with Crippen molar-refractivity contribution in [1.29, 1.82) is 0 Å². The van der Waals surface area contributed by atoms with Crippen molar-refractivity contribution in [3.8, 4) is 0 Å². The summed E-state index contributed by atoms with van der Waals surface area (Å²) < 4.78 is 16.5. The first-order valence-electron chi connectivity index (χ1n) is 9.12. The zero-order valence-electron chi connectivity index (χ0n) is 15.3. The number of nitrogens with two attached hydrogens (primary N) is 1. The van der Waals surface area contributed by atoms with Crippen molar-refractivity contribution >= 4 is 28.2 Å². The molecule has 144 valence electrons. The fraction of sp³-hybridized carbons (Fsp3) is 0.238. The van der Waals surface area contributed by atoms with Crippen LogP contribution in [0.2, 0.25) is 0 Å². The Kier molecular flexibility index (Phi) is 4.30. The molecule has 0 saturated heterocycles. The van der Waals surface area contributed by atoms with Gasteiger partial charge in [0.15, 0.2) is 5.82 Å². The second kappa shape index (κ2) is 6.67. The molecule has 7 heteroatoms. The van der Waals surface area contributed by atoms with Crippen LogP contribution in [0.15, 0.2) is 47.4 Å². The Hall–Kier alpha value is -3.35. The number of aromatic carboxylic acids is 1. The molecule has 4 N–H and O–H groups in total. The summed E-state index contributed by atoms with van der Waals surface area (Å²) in [6.45, 7) is 2.23. The number of hydrogen-bond acceptors (Lipinski definition) is 4. The number of benzene rings is 2. The van der Waals surface area contributed by atoms with Crippen molar-refractivity contribution in [3.63, 3.8) is 0 Å². The standard InChI is InChI=1S/C21H20FN3O3/c1-2-25-10-13(21(27)28)20(26)17-16(25)9-15(18(22)19(17)23)24-14-8-12(14)11-6-4-3-5-7-11/h3-7,9-10,12,14,24H,2,8,23H2,1H3,(H,27,28)/t12-,14+/m0/s1. The lowest BCUT2D eigenvalue weighted by molar-refractivity contribution is 0.0695. The molecule has 1 aliphatic rings. The molecule has 3 aromatic rings. The van der Waals surface area contributed by atoms with Gasteiger partial charge >= 0.3 is 5.97 Å². The summed E-state index contributed by atoms with van der Waals surface area (Å²) in [7, 11) is 0. The minimum Gasteiger partial charge on any atom is -0.477 e. The number of fused-ring (bicyclic) bond motifs is 1. The maximum absolute atomic E-state index is 14.9. The third-order valence-corrected chi connectivity index (χ3v) is 5.28. The van der Waals surface area contributed by atoms with E-state index >= 15 is 0 Å². The van der Waals surface area contributed by atoms with Crippen LogP contribution in [-0.4, -0.2) is 21.7 Å². The highest BCUT2D eigenvalue weighted by molar-refractivity contribution is 5.99. The molecule has 1 heterocycles. The van der Waals surface area contributed by atoms with E-state index in [0.717, 1.165) is 6.42 Å². The summed E-state index contributed by atoms with van der Waals surface area (Å²) in [5.41, 5.74) is 6.23. The molecule has 1 aromatic heterocycles. The summed E-state index contributed by atoms with van der Waals surface area (Å²) in [6, 6.07) is 11.6. The van der Waals surface area contributed by atoms with Gasteiger partial charge in [-0.3, -0.25) is 4.79 Å². The molecule has 6 nitrogen and oxygen atoms in total. The molecular weight excluding hydrogens is 361 g/mol. The first-order chi connectivity index (χ1) is 13.4. The maximum Gasteiger partial charge on any atom is 0.341 e. The Balaban J connectivity index is 1.77. The number of pyridine rings is 1. The molecule has 1 aliphatic carbocycles. The number of carboxylic acids is 1. The number of carboxylic acid groups (broad SMARTS) is 1. The molecule has 0 aliphatic heterocycles. The van der Waals surface area contributed by atoms with E-state index in [1.807, 2.05) is 37.3 Å². The molecule has 0 bridgehead atoms. The Labute approximate surface area is 160 Å². The molecule has 0 unspecified atom stereocenters. The summed E-state index contributed by atoms with van der Waals surface area (Å²) in [4.78, 5) is 23.9. The van der Waals surface area contributed by atoms with Crippen molar-refractivity contribution < 1.29 is 14.3 Å². The number of nitrogens with one attached hydrogen (secondary N) is 1. The van der Waals surface area contributed by atoms with E-state index in [1.165, 1.54) is 17.8 Å². The van der Waals surface area contributed by atoms with Crippen molar-refractivity contribution in [1.82, 2.24) is 4.57 Å². The number of nitrogen functional groups attached to an aromatic ring is 1. The number of rotatable bonds is 5. The first-order valence-corrected chi connectivity index (χ1v) is 9.12. The Morgan fingerprint density at radius 3 is 2.71 bits per heavy atom. The predicted molar refractivity (Wildman–Crippen MR) is 106 cm³/mol. The van der Waals surface area contributed by atoms with E-state index in [2.05, 4.69) is 5.32 Å². The van der Waals surface area contributed by atoms with Crippen LogP contribution in [0, 0.1) is 5.82 Å². The van der Waals surface area contributed by atoms with Gasteiger partial charge in [0.2, 0.25) is 5.43 Å². The van der Waals surface area contributed by atoms with E-state index in [0.29, 0.717) is 18.0 Å². The molecule has 0 spiro atoms. The Morgan fingerprint density at radius 1 is 1.36 bits per heavy atom. The van der Waals surface area contributed by atoms with Crippen LogP contribution in [0.4, 0.5) is 15.8 Å². The second-order valence-corrected chi connectivity index (χ2v) is 7.01. The van der Waals surface area contributed by atoms with E-state index in [9.17, 15) is 19.1 Å². The highest BCUT2D eigenvalue weighted by Crippen LogP contribution is 2.43. The molecule has 4 rings (SSSR count). The summed E-state index contributed by atoms with van der Waals surface area (Å²) in [5.74, 6) is -1.80. The Morgan fingerprint density at radius 2 is 2.07 bits per heavy atom. The van der Waals surface area contributed by atoms with Crippen LogP contribution < -0.4 is 16.5 Å². The van der Waals surface area contributed by atoms with E-state index in [4.69, 9.17) is 5.73 Å². The van der Waals surface area contributed by atoms with Gasteiger partial charge in [-0.25, -0.2) is 9.18 Å². The topological polar surface area (TPSA) is 97.4 Å². The van der Waals surface area contributed by atoms with Crippen molar-refractivity contribution in [3.05, 3.63) is 69.8 Å². The molecule has 0 amide bonds. The van der Waals surface area contributed by atoms with Gasteiger partial charge in [0, 0.05) is 24.7 Å². The van der Waals surface area contributed by atoms with Gasteiger partial charge in [0.25, 0.3) is 0 Å². The number of aromatic nitrogens is 1. The number of aryl methyl sites for hydroxylation is 1. The molecule has 2 aromatic carbocycles.